The van der Waals surface area contributed by atoms with E-state index in [-0.39, 0.29) is 30.6 Å². The number of likely N-dealkylation sites (tertiary alicyclic amines) is 1. The van der Waals surface area contributed by atoms with E-state index in [2.05, 4.69) is 5.32 Å². The molecule has 0 aromatic carbocycles. The van der Waals surface area contributed by atoms with Crippen LogP contribution in [-0.2, 0) is 19.1 Å². The molecule has 1 saturated carbocycles. The van der Waals surface area contributed by atoms with Gasteiger partial charge in [-0.2, -0.15) is 0 Å². The number of nitrogens with one attached hydrogen (secondary N) is 1. The summed E-state index contributed by atoms with van der Waals surface area (Å²) < 4.78 is 10.4. The SMILES string of the molecule is COC(=O)[C@@H]1[C@H]2CCC[C@H]2CN1CC(=O)NCCCOC(C)C. The summed E-state index contributed by atoms with van der Waals surface area (Å²) in [4.78, 5) is 26.2. The summed E-state index contributed by atoms with van der Waals surface area (Å²) in [6, 6.07) is -0.248. The van der Waals surface area contributed by atoms with E-state index >= 15 is 0 Å². The molecule has 2 fully saturated rings. The van der Waals surface area contributed by atoms with E-state index in [1.165, 1.54) is 13.5 Å². The number of nitrogens with zero attached hydrogens (tertiary/aromatic N) is 1. The molecule has 1 saturated heterocycles. The predicted octanol–water partition coefficient (Wildman–Crippen LogP) is 1.19. The van der Waals surface area contributed by atoms with Crippen LogP contribution < -0.4 is 5.32 Å². The molecule has 6 heteroatoms. The molecule has 2 aliphatic rings. The van der Waals surface area contributed by atoms with Crippen molar-refractivity contribution in [1.29, 1.82) is 0 Å². The number of fused-ring (bicyclic) bond motifs is 1. The lowest BCUT2D eigenvalue weighted by atomic mass is 9.94. The van der Waals surface area contributed by atoms with Crippen molar-refractivity contribution in [3.8, 4) is 0 Å². The Labute approximate surface area is 138 Å². The topological polar surface area (TPSA) is 67.9 Å². The third kappa shape index (κ3) is 4.91. The molecule has 1 aliphatic heterocycles. The predicted molar refractivity (Wildman–Crippen MR) is 86.9 cm³/mol. The lowest BCUT2D eigenvalue weighted by Gasteiger charge is -2.24. The Morgan fingerprint density at radius 1 is 1.30 bits per heavy atom. The molecule has 1 N–H and O–H groups in total. The number of methoxy groups -OCH3 is 1. The van der Waals surface area contributed by atoms with Crippen LogP contribution >= 0.6 is 0 Å². The number of hydrogen-bond acceptors (Lipinski definition) is 5. The molecule has 0 aromatic rings. The van der Waals surface area contributed by atoms with Crippen molar-refractivity contribution in [2.45, 2.75) is 51.7 Å². The Bertz CT molecular complexity index is 413. The summed E-state index contributed by atoms with van der Waals surface area (Å²) >= 11 is 0. The average molecular weight is 326 g/mol. The second-order valence-corrected chi connectivity index (χ2v) is 6.88. The van der Waals surface area contributed by atoms with Crippen molar-refractivity contribution in [3.05, 3.63) is 0 Å². The summed E-state index contributed by atoms with van der Waals surface area (Å²) in [7, 11) is 1.43. The van der Waals surface area contributed by atoms with Gasteiger partial charge in [0.2, 0.25) is 5.91 Å². The van der Waals surface area contributed by atoms with Crippen LogP contribution in [0.15, 0.2) is 0 Å². The van der Waals surface area contributed by atoms with Crippen molar-refractivity contribution < 1.29 is 19.1 Å². The second-order valence-electron chi connectivity index (χ2n) is 6.88. The maximum atomic E-state index is 12.1. The van der Waals surface area contributed by atoms with Gasteiger partial charge in [0, 0.05) is 19.7 Å². The average Bonchev–Trinajstić information content (AvgIpc) is 3.06. The highest BCUT2D eigenvalue weighted by Gasteiger charge is 2.48. The third-order valence-electron chi connectivity index (χ3n) is 4.87. The molecule has 0 spiro atoms. The fraction of sp³-hybridized carbons (Fsp3) is 0.882. The lowest BCUT2D eigenvalue weighted by Crippen LogP contribution is -2.45. The van der Waals surface area contributed by atoms with Crippen molar-refractivity contribution in [3.63, 3.8) is 0 Å². The maximum Gasteiger partial charge on any atom is 0.323 e. The van der Waals surface area contributed by atoms with Crippen LogP contribution in [0.4, 0.5) is 0 Å². The van der Waals surface area contributed by atoms with E-state index in [4.69, 9.17) is 9.47 Å². The Kier molecular flexibility index (Phi) is 6.84. The summed E-state index contributed by atoms with van der Waals surface area (Å²) in [5.74, 6) is 0.669. The van der Waals surface area contributed by atoms with Crippen LogP contribution in [-0.4, -0.2) is 62.3 Å². The molecule has 1 aliphatic carbocycles. The lowest BCUT2D eigenvalue weighted by molar-refractivity contribution is -0.147. The first-order valence-electron chi connectivity index (χ1n) is 8.73. The smallest absolute Gasteiger partial charge is 0.323 e. The Morgan fingerprint density at radius 2 is 2.09 bits per heavy atom. The van der Waals surface area contributed by atoms with Crippen molar-refractivity contribution in [1.82, 2.24) is 10.2 Å². The van der Waals surface area contributed by atoms with Gasteiger partial charge in [0.15, 0.2) is 0 Å². The first-order valence-corrected chi connectivity index (χ1v) is 8.73. The Balaban J connectivity index is 1.76. The highest BCUT2D eigenvalue weighted by molar-refractivity contribution is 5.81. The highest BCUT2D eigenvalue weighted by Crippen LogP contribution is 2.42. The van der Waals surface area contributed by atoms with Gasteiger partial charge in [0.05, 0.1) is 19.8 Å². The molecule has 1 amide bonds. The minimum absolute atomic E-state index is 0.0246. The molecule has 2 rings (SSSR count). The third-order valence-corrected chi connectivity index (χ3v) is 4.87. The summed E-state index contributed by atoms with van der Waals surface area (Å²) in [5, 5.41) is 2.91. The van der Waals surface area contributed by atoms with E-state index in [0.717, 1.165) is 25.8 Å². The van der Waals surface area contributed by atoms with E-state index in [0.29, 0.717) is 25.0 Å². The zero-order chi connectivity index (χ0) is 16.8. The molecule has 0 radical (unpaired) electrons. The number of carbonyl (C=O) groups excluding carboxylic acids is 2. The monoisotopic (exact) mass is 326 g/mol. The molecule has 6 nitrogen and oxygen atoms in total. The van der Waals surface area contributed by atoms with Gasteiger partial charge in [-0.1, -0.05) is 6.42 Å². The second kappa shape index (κ2) is 8.64. The number of ether oxygens (including phenoxy) is 2. The van der Waals surface area contributed by atoms with Crippen LogP contribution in [0.3, 0.4) is 0 Å². The number of esters is 1. The number of amides is 1. The zero-order valence-electron chi connectivity index (χ0n) is 14.5. The number of hydrogen-bond donors (Lipinski definition) is 1. The molecule has 0 unspecified atom stereocenters. The Hall–Kier alpha value is -1.14. The first-order chi connectivity index (χ1) is 11.0. The van der Waals surface area contributed by atoms with Gasteiger partial charge >= 0.3 is 5.97 Å². The minimum Gasteiger partial charge on any atom is -0.468 e. The molecule has 0 bridgehead atoms. The number of rotatable bonds is 8. The maximum absolute atomic E-state index is 12.1. The fourth-order valence-electron chi connectivity index (χ4n) is 3.86. The summed E-state index contributed by atoms with van der Waals surface area (Å²) in [5.41, 5.74) is 0. The Morgan fingerprint density at radius 3 is 2.78 bits per heavy atom. The van der Waals surface area contributed by atoms with Crippen LogP contribution in [0.2, 0.25) is 0 Å². The van der Waals surface area contributed by atoms with Gasteiger partial charge in [-0.3, -0.25) is 14.5 Å². The summed E-state index contributed by atoms with van der Waals surface area (Å²) in [6.45, 7) is 6.35. The normalized spacial score (nSPS) is 27.2. The van der Waals surface area contributed by atoms with E-state index in [1.54, 1.807) is 0 Å². The van der Waals surface area contributed by atoms with Crippen LogP contribution in [0.5, 0.6) is 0 Å². The molecule has 132 valence electrons. The van der Waals surface area contributed by atoms with Crippen LogP contribution in [0.1, 0.15) is 39.5 Å². The molecule has 0 aromatic heterocycles. The van der Waals surface area contributed by atoms with Crippen molar-refractivity contribution in [2.75, 3.05) is 33.4 Å². The van der Waals surface area contributed by atoms with E-state index in [9.17, 15) is 9.59 Å². The molecular formula is C17H30N2O4. The van der Waals surface area contributed by atoms with Crippen molar-refractivity contribution in [2.24, 2.45) is 11.8 Å². The molecule has 1 heterocycles. The van der Waals surface area contributed by atoms with Gasteiger partial charge in [-0.25, -0.2) is 0 Å². The van der Waals surface area contributed by atoms with Crippen LogP contribution in [0, 0.1) is 11.8 Å². The van der Waals surface area contributed by atoms with Crippen LogP contribution in [0.25, 0.3) is 0 Å². The highest BCUT2D eigenvalue weighted by atomic mass is 16.5. The van der Waals surface area contributed by atoms with Gasteiger partial charge in [-0.15, -0.1) is 0 Å². The van der Waals surface area contributed by atoms with Gasteiger partial charge in [-0.05, 0) is 44.9 Å². The summed E-state index contributed by atoms with van der Waals surface area (Å²) in [6.07, 6.45) is 4.42. The van der Waals surface area contributed by atoms with E-state index < -0.39 is 0 Å². The number of carbonyl (C=O) groups is 2. The van der Waals surface area contributed by atoms with Gasteiger partial charge in [0.1, 0.15) is 6.04 Å². The first kappa shape index (κ1) is 18.2. The van der Waals surface area contributed by atoms with Gasteiger partial charge in [0.25, 0.3) is 0 Å². The van der Waals surface area contributed by atoms with Crippen molar-refractivity contribution >= 4 is 11.9 Å². The minimum atomic E-state index is -0.248. The fourth-order valence-corrected chi connectivity index (χ4v) is 3.86. The zero-order valence-corrected chi connectivity index (χ0v) is 14.5. The van der Waals surface area contributed by atoms with E-state index in [1.807, 2.05) is 18.7 Å². The largest absolute Gasteiger partial charge is 0.468 e. The molecular weight excluding hydrogens is 296 g/mol. The van der Waals surface area contributed by atoms with Gasteiger partial charge < -0.3 is 14.8 Å². The standard InChI is InChI=1S/C17H30N2O4/c1-12(2)23-9-5-8-18-15(20)11-19-10-13-6-4-7-14(13)16(19)17(21)22-3/h12-14,16H,4-11H2,1-3H3,(H,18,20)/t13-,14-,16-/m0/s1. The quantitative estimate of drug-likeness (QED) is 0.536. The molecule has 3 atom stereocenters. The molecule has 23 heavy (non-hydrogen) atoms.